The highest BCUT2D eigenvalue weighted by molar-refractivity contribution is 7.99. The van der Waals surface area contributed by atoms with Crippen molar-refractivity contribution < 1.29 is 4.74 Å². The summed E-state index contributed by atoms with van der Waals surface area (Å²) in [5.74, 6) is 0.889. The van der Waals surface area contributed by atoms with Gasteiger partial charge in [-0.2, -0.15) is 0 Å². The molecule has 0 radical (unpaired) electrons. The Balaban J connectivity index is 1.70. The van der Waals surface area contributed by atoms with Crippen molar-refractivity contribution in [2.45, 2.75) is 35.6 Å². The van der Waals surface area contributed by atoms with Gasteiger partial charge in [-0.15, -0.1) is 18.3 Å². The molecule has 0 aliphatic rings. The molecule has 0 heterocycles. The Hall–Kier alpha value is -2.49. The van der Waals surface area contributed by atoms with E-state index in [9.17, 15) is 0 Å². The molecule has 3 heteroatoms. The number of methoxy groups -OCH3 is 1. The fraction of sp³-hybridized carbons (Fsp3) is 0.231. The van der Waals surface area contributed by atoms with Gasteiger partial charge in [-0.05, 0) is 48.2 Å². The molecular weight excluding hydrogens is 374 g/mol. The Kier molecular flexibility index (Phi) is 8.41. The molecule has 3 rings (SSSR count). The fourth-order valence-electron chi connectivity index (χ4n) is 3.31. The van der Waals surface area contributed by atoms with E-state index in [0.717, 1.165) is 25.1 Å². The summed E-state index contributed by atoms with van der Waals surface area (Å²) in [5, 5.41) is 4.12. The van der Waals surface area contributed by atoms with Crippen LogP contribution in [0.1, 0.15) is 29.2 Å². The molecule has 0 saturated heterocycles. The number of hydrogen-bond donors (Lipinski definition) is 1. The SMILES string of the molecule is C=CCC(CC(Sc1ccccc1)c1ccccc1)NCc1ccc(OC)cc1. The Morgan fingerprint density at radius 3 is 2.21 bits per heavy atom. The van der Waals surface area contributed by atoms with Crippen molar-refractivity contribution in [2.24, 2.45) is 0 Å². The second-order valence-corrected chi connectivity index (χ2v) is 8.29. The van der Waals surface area contributed by atoms with E-state index in [-0.39, 0.29) is 0 Å². The van der Waals surface area contributed by atoms with Gasteiger partial charge in [0.05, 0.1) is 7.11 Å². The van der Waals surface area contributed by atoms with Gasteiger partial charge in [0.15, 0.2) is 0 Å². The Morgan fingerprint density at radius 2 is 1.59 bits per heavy atom. The molecule has 0 aliphatic carbocycles. The summed E-state index contributed by atoms with van der Waals surface area (Å²) >= 11 is 1.93. The third kappa shape index (κ3) is 6.81. The minimum Gasteiger partial charge on any atom is -0.497 e. The first-order valence-corrected chi connectivity index (χ1v) is 10.9. The molecule has 0 aliphatic heterocycles. The van der Waals surface area contributed by atoms with Gasteiger partial charge in [0.1, 0.15) is 5.75 Å². The zero-order chi connectivity index (χ0) is 20.3. The third-order valence-electron chi connectivity index (χ3n) is 4.90. The predicted molar refractivity (Wildman–Crippen MR) is 125 cm³/mol. The molecule has 0 aromatic heterocycles. The van der Waals surface area contributed by atoms with E-state index in [1.807, 2.05) is 30.0 Å². The summed E-state index contributed by atoms with van der Waals surface area (Å²) in [5.41, 5.74) is 2.62. The van der Waals surface area contributed by atoms with Crippen molar-refractivity contribution in [3.05, 3.63) is 109 Å². The minimum absolute atomic E-state index is 0.357. The number of hydrogen-bond acceptors (Lipinski definition) is 3. The van der Waals surface area contributed by atoms with Crippen LogP contribution in [0.25, 0.3) is 0 Å². The maximum absolute atomic E-state index is 5.26. The lowest BCUT2D eigenvalue weighted by molar-refractivity contribution is 0.414. The van der Waals surface area contributed by atoms with Gasteiger partial charge in [-0.3, -0.25) is 0 Å². The van der Waals surface area contributed by atoms with E-state index in [0.29, 0.717) is 11.3 Å². The van der Waals surface area contributed by atoms with Gasteiger partial charge in [0.2, 0.25) is 0 Å². The molecule has 150 valence electrons. The predicted octanol–water partition coefficient (Wildman–Crippen LogP) is 6.65. The van der Waals surface area contributed by atoms with Crippen LogP contribution in [0.5, 0.6) is 5.75 Å². The van der Waals surface area contributed by atoms with E-state index in [1.165, 1.54) is 16.0 Å². The van der Waals surface area contributed by atoms with Gasteiger partial charge in [0, 0.05) is 22.7 Å². The van der Waals surface area contributed by atoms with E-state index in [1.54, 1.807) is 7.11 Å². The van der Waals surface area contributed by atoms with Crippen LogP contribution in [0.3, 0.4) is 0 Å². The highest BCUT2D eigenvalue weighted by Gasteiger charge is 2.18. The van der Waals surface area contributed by atoms with Gasteiger partial charge in [-0.25, -0.2) is 0 Å². The van der Waals surface area contributed by atoms with Crippen molar-refractivity contribution in [1.82, 2.24) is 5.32 Å². The van der Waals surface area contributed by atoms with Crippen molar-refractivity contribution in [1.29, 1.82) is 0 Å². The molecule has 0 fully saturated rings. The van der Waals surface area contributed by atoms with Gasteiger partial charge >= 0.3 is 0 Å². The number of nitrogens with one attached hydrogen (secondary N) is 1. The second kappa shape index (κ2) is 11.5. The second-order valence-electron chi connectivity index (χ2n) is 7.02. The Bertz CT molecular complexity index is 849. The lowest BCUT2D eigenvalue weighted by Gasteiger charge is -2.24. The molecule has 2 nitrogen and oxygen atoms in total. The maximum atomic E-state index is 5.26. The normalized spacial score (nSPS) is 12.9. The summed E-state index contributed by atoms with van der Waals surface area (Å²) in [6.07, 6.45) is 3.99. The van der Waals surface area contributed by atoms with Crippen LogP contribution >= 0.6 is 11.8 Å². The number of rotatable bonds is 11. The molecule has 3 aromatic rings. The average molecular weight is 404 g/mol. The van der Waals surface area contributed by atoms with Crippen LogP contribution in [0.2, 0.25) is 0 Å². The van der Waals surface area contributed by atoms with Gasteiger partial charge in [-0.1, -0.05) is 66.7 Å². The Morgan fingerprint density at radius 1 is 0.931 bits per heavy atom. The Labute approximate surface area is 179 Å². The van der Waals surface area contributed by atoms with Gasteiger partial charge < -0.3 is 10.1 Å². The summed E-state index contributed by atoms with van der Waals surface area (Å²) in [4.78, 5) is 1.30. The standard InChI is InChI=1S/C26H29NOS/c1-3-10-23(27-20-21-15-17-24(28-2)18-16-21)19-26(22-11-6-4-7-12-22)29-25-13-8-5-9-14-25/h3-9,11-18,23,26-27H,1,10,19-20H2,2H3. The van der Waals surface area contributed by atoms with E-state index in [4.69, 9.17) is 4.74 Å². The lowest BCUT2D eigenvalue weighted by atomic mass is 10.0. The average Bonchev–Trinajstić information content (AvgIpc) is 2.79. The first-order chi connectivity index (χ1) is 14.3. The molecule has 0 bridgehead atoms. The molecule has 1 N–H and O–H groups in total. The molecule has 0 saturated carbocycles. The van der Waals surface area contributed by atoms with Crippen LogP contribution in [-0.4, -0.2) is 13.2 Å². The molecule has 0 spiro atoms. The van der Waals surface area contributed by atoms with E-state index >= 15 is 0 Å². The third-order valence-corrected chi connectivity index (χ3v) is 6.19. The smallest absolute Gasteiger partial charge is 0.118 e. The van der Waals surface area contributed by atoms with Crippen LogP contribution in [0.4, 0.5) is 0 Å². The van der Waals surface area contributed by atoms with Crippen molar-refractivity contribution in [3.63, 3.8) is 0 Å². The molecule has 29 heavy (non-hydrogen) atoms. The molecule has 2 unspecified atom stereocenters. The quantitative estimate of drug-likeness (QED) is 0.286. The largest absolute Gasteiger partial charge is 0.497 e. The van der Waals surface area contributed by atoms with Crippen LogP contribution < -0.4 is 10.1 Å². The summed E-state index contributed by atoms with van der Waals surface area (Å²) < 4.78 is 5.26. The monoisotopic (exact) mass is 403 g/mol. The maximum Gasteiger partial charge on any atom is 0.118 e. The lowest BCUT2D eigenvalue weighted by Crippen LogP contribution is -2.29. The zero-order valence-electron chi connectivity index (χ0n) is 17.0. The number of ether oxygens (including phenoxy) is 1. The minimum atomic E-state index is 0.357. The molecule has 3 aromatic carbocycles. The van der Waals surface area contributed by atoms with Crippen LogP contribution in [0.15, 0.2) is 102 Å². The van der Waals surface area contributed by atoms with Crippen molar-refractivity contribution in [2.75, 3.05) is 7.11 Å². The topological polar surface area (TPSA) is 21.3 Å². The number of benzene rings is 3. The molecule has 2 atom stereocenters. The summed E-state index contributed by atoms with van der Waals surface area (Å²) in [6, 6.07) is 30.1. The van der Waals surface area contributed by atoms with Crippen molar-refractivity contribution in [3.8, 4) is 5.75 Å². The van der Waals surface area contributed by atoms with E-state index < -0.39 is 0 Å². The summed E-state index contributed by atoms with van der Waals surface area (Å²) in [7, 11) is 1.70. The zero-order valence-corrected chi connectivity index (χ0v) is 17.8. The van der Waals surface area contributed by atoms with Crippen LogP contribution in [-0.2, 0) is 6.54 Å². The van der Waals surface area contributed by atoms with Crippen molar-refractivity contribution >= 4 is 11.8 Å². The summed E-state index contributed by atoms with van der Waals surface area (Å²) in [6.45, 7) is 4.81. The highest BCUT2D eigenvalue weighted by Crippen LogP contribution is 2.38. The number of thioether (sulfide) groups is 1. The highest BCUT2D eigenvalue weighted by atomic mass is 32.2. The van der Waals surface area contributed by atoms with Gasteiger partial charge in [0.25, 0.3) is 0 Å². The van der Waals surface area contributed by atoms with Crippen LogP contribution in [0, 0.1) is 0 Å². The first kappa shape index (κ1) is 21.2. The molecular formula is C26H29NOS. The molecule has 0 amide bonds. The van der Waals surface area contributed by atoms with E-state index in [2.05, 4.69) is 84.7 Å². The fourth-order valence-corrected chi connectivity index (χ4v) is 4.58. The first-order valence-electron chi connectivity index (χ1n) is 10.0.